The highest BCUT2D eigenvalue weighted by molar-refractivity contribution is 7.99. The Hall–Kier alpha value is -0.750. The average Bonchev–Trinajstić information content (AvgIpc) is 2.19. The molecule has 1 aliphatic heterocycles. The van der Waals surface area contributed by atoms with E-state index in [1.165, 1.54) is 6.92 Å². The van der Waals surface area contributed by atoms with Gasteiger partial charge in [0.25, 0.3) is 0 Å². The summed E-state index contributed by atoms with van der Waals surface area (Å²) in [6.45, 7) is 4.69. The lowest BCUT2D eigenvalue weighted by molar-refractivity contribution is -0.142. The minimum Gasteiger partial charge on any atom is -0.480 e. The molecule has 1 rings (SSSR count). The molecule has 2 N–H and O–H groups in total. The summed E-state index contributed by atoms with van der Waals surface area (Å²) in [5.74, 6) is 0.774. The van der Waals surface area contributed by atoms with Crippen LogP contribution in [-0.4, -0.2) is 58.6 Å². The van der Waals surface area contributed by atoms with Gasteiger partial charge in [0.15, 0.2) is 0 Å². The average molecular weight is 246 g/mol. The van der Waals surface area contributed by atoms with E-state index in [1.807, 2.05) is 11.8 Å². The fourth-order valence-corrected chi connectivity index (χ4v) is 2.78. The van der Waals surface area contributed by atoms with Crippen LogP contribution in [0.1, 0.15) is 13.8 Å². The van der Waals surface area contributed by atoms with E-state index < -0.39 is 12.0 Å². The second kappa shape index (κ2) is 6.10. The topological polar surface area (TPSA) is 69.6 Å². The SMILES string of the molecule is CC(=O)NC(CN1CCSCC1C)C(=O)O. The number of aliphatic carboxylic acids is 1. The van der Waals surface area contributed by atoms with Crippen LogP contribution in [0.3, 0.4) is 0 Å². The zero-order valence-electron chi connectivity index (χ0n) is 9.60. The van der Waals surface area contributed by atoms with Crippen LogP contribution in [0.15, 0.2) is 0 Å². The van der Waals surface area contributed by atoms with Crippen LogP contribution in [0.25, 0.3) is 0 Å². The first-order chi connectivity index (χ1) is 7.50. The van der Waals surface area contributed by atoms with Crippen LogP contribution in [-0.2, 0) is 9.59 Å². The molecular weight excluding hydrogens is 228 g/mol. The number of rotatable bonds is 4. The van der Waals surface area contributed by atoms with Crippen molar-refractivity contribution in [3.8, 4) is 0 Å². The smallest absolute Gasteiger partial charge is 0.327 e. The minimum absolute atomic E-state index is 0.300. The summed E-state index contributed by atoms with van der Waals surface area (Å²) >= 11 is 1.88. The molecule has 5 nitrogen and oxygen atoms in total. The van der Waals surface area contributed by atoms with Gasteiger partial charge in [0, 0.05) is 37.6 Å². The molecule has 0 saturated carbocycles. The van der Waals surface area contributed by atoms with Gasteiger partial charge in [-0.05, 0) is 6.92 Å². The van der Waals surface area contributed by atoms with Crippen molar-refractivity contribution in [2.45, 2.75) is 25.9 Å². The molecule has 16 heavy (non-hydrogen) atoms. The highest BCUT2D eigenvalue weighted by Crippen LogP contribution is 2.15. The van der Waals surface area contributed by atoms with Crippen molar-refractivity contribution in [2.24, 2.45) is 0 Å². The normalized spacial score (nSPS) is 23.8. The van der Waals surface area contributed by atoms with Gasteiger partial charge in [0.05, 0.1) is 0 Å². The van der Waals surface area contributed by atoms with Gasteiger partial charge in [0.2, 0.25) is 5.91 Å². The molecule has 0 aromatic carbocycles. The van der Waals surface area contributed by atoms with Crippen molar-refractivity contribution >= 4 is 23.6 Å². The number of carboxylic acids is 1. The third-order valence-electron chi connectivity index (χ3n) is 2.60. The predicted molar refractivity (Wildman–Crippen MR) is 63.6 cm³/mol. The number of hydrogen-bond donors (Lipinski definition) is 2. The Labute approximate surface area is 99.6 Å². The number of carbonyl (C=O) groups is 2. The van der Waals surface area contributed by atoms with E-state index in [-0.39, 0.29) is 5.91 Å². The van der Waals surface area contributed by atoms with Crippen molar-refractivity contribution in [3.63, 3.8) is 0 Å². The molecule has 1 fully saturated rings. The Balaban J connectivity index is 2.52. The van der Waals surface area contributed by atoms with Crippen LogP contribution >= 0.6 is 11.8 Å². The zero-order chi connectivity index (χ0) is 12.1. The van der Waals surface area contributed by atoms with E-state index in [4.69, 9.17) is 5.11 Å². The van der Waals surface area contributed by atoms with Gasteiger partial charge < -0.3 is 10.4 Å². The number of amides is 1. The maximum atomic E-state index is 11.0. The number of thioether (sulfide) groups is 1. The molecule has 1 heterocycles. The molecule has 0 aromatic rings. The molecule has 1 amide bonds. The summed E-state index contributed by atoms with van der Waals surface area (Å²) in [4.78, 5) is 24.0. The number of carboxylic acid groups (broad SMARTS) is 1. The van der Waals surface area contributed by atoms with Crippen LogP contribution < -0.4 is 5.32 Å². The van der Waals surface area contributed by atoms with E-state index in [0.717, 1.165) is 18.1 Å². The van der Waals surface area contributed by atoms with Crippen molar-refractivity contribution < 1.29 is 14.7 Å². The molecule has 1 saturated heterocycles. The monoisotopic (exact) mass is 246 g/mol. The van der Waals surface area contributed by atoms with Crippen LogP contribution in [0.5, 0.6) is 0 Å². The van der Waals surface area contributed by atoms with Gasteiger partial charge in [0.1, 0.15) is 6.04 Å². The fourth-order valence-electron chi connectivity index (χ4n) is 1.70. The number of nitrogens with zero attached hydrogens (tertiary/aromatic N) is 1. The molecule has 6 heteroatoms. The van der Waals surface area contributed by atoms with Crippen molar-refractivity contribution in [2.75, 3.05) is 24.6 Å². The van der Waals surface area contributed by atoms with E-state index in [2.05, 4.69) is 17.1 Å². The highest BCUT2D eigenvalue weighted by atomic mass is 32.2. The molecular formula is C10H18N2O3S. The van der Waals surface area contributed by atoms with E-state index in [0.29, 0.717) is 12.6 Å². The molecule has 1 aliphatic rings. The lowest BCUT2D eigenvalue weighted by Crippen LogP contribution is -2.52. The van der Waals surface area contributed by atoms with Crippen molar-refractivity contribution in [1.29, 1.82) is 0 Å². The standard InChI is InChI=1S/C10H18N2O3S/c1-7-6-16-4-3-12(7)5-9(10(14)15)11-8(2)13/h7,9H,3-6H2,1-2H3,(H,11,13)(H,14,15). The van der Waals surface area contributed by atoms with Crippen LogP contribution in [0, 0.1) is 0 Å². The second-order valence-electron chi connectivity index (χ2n) is 4.01. The predicted octanol–water partition coefficient (Wildman–Crippen LogP) is 0.0130. The third kappa shape index (κ3) is 4.02. The zero-order valence-corrected chi connectivity index (χ0v) is 10.4. The molecule has 0 spiro atoms. The van der Waals surface area contributed by atoms with E-state index in [9.17, 15) is 9.59 Å². The summed E-state index contributed by atoms with van der Waals surface area (Å²) in [6, 6.07) is -0.433. The Morgan fingerprint density at radius 2 is 2.31 bits per heavy atom. The fraction of sp³-hybridized carbons (Fsp3) is 0.800. The first kappa shape index (κ1) is 13.3. The maximum absolute atomic E-state index is 11.0. The molecule has 92 valence electrons. The summed E-state index contributed by atoms with van der Waals surface area (Å²) in [5.41, 5.74) is 0. The molecule has 0 bridgehead atoms. The van der Waals surface area contributed by atoms with Gasteiger partial charge >= 0.3 is 5.97 Å². The molecule has 0 aliphatic carbocycles. The maximum Gasteiger partial charge on any atom is 0.327 e. The third-order valence-corrected chi connectivity index (χ3v) is 3.79. The lowest BCUT2D eigenvalue weighted by atomic mass is 10.2. The molecule has 0 aromatic heterocycles. The Morgan fingerprint density at radius 3 is 2.81 bits per heavy atom. The van der Waals surface area contributed by atoms with Gasteiger partial charge in [-0.15, -0.1) is 0 Å². The van der Waals surface area contributed by atoms with Gasteiger partial charge in [-0.25, -0.2) is 4.79 Å². The molecule has 0 radical (unpaired) electrons. The summed E-state index contributed by atoms with van der Waals surface area (Å²) in [5, 5.41) is 11.5. The summed E-state index contributed by atoms with van der Waals surface area (Å²) in [6.07, 6.45) is 0. The first-order valence-corrected chi connectivity index (χ1v) is 6.48. The molecule has 2 atom stereocenters. The largest absolute Gasteiger partial charge is 0.480 e. The van der Waals surface area contributed by atoms with Crippen LogP contribution in [0.2, 0.25) is 0 Å². The van der Waals surface area contributed by atoms with Gasteiger partial charge in [-0.2, -0.15) is 11.8 Å². The molecule has 2 unspecified atom stereocenters. The quantitative estimate of drug-likeness (QED) is 0.731. The van der Waals surface area contributed by atoms with E-state index >= 15 is 0 Å². The van der Waals surface area contributed by atoms with E-state index in [1.54, 1.807) is 0 Å². The number of carbonyl (C=O) groups excluding carboxylic acids is 1. The highest BCUT2D eigenvalue weighted by Gasteiger charge is 2.26. The summed E-state index contributed by atoms with van der Waals surface area (Å²) < 4.78 is 0. The number of nitrogens with one attached hydrogen (secondary N) is 1. The minimum atomic E-state index is -0.972. The van der Waals surface area contributed by atoms with Crippen molar-refractivity contribution in [1.82, 2.24) is 10.2 Å². The van der Waals surface area contributed by atoms with Crippen molar-refractivity contribution in [3.05, 3.63) is 0 Å². The van der Waals surface area contributed by atoms with Crippen LogP contribution in [0.4, 0.5) is 0 Å². The second-order valence-corrected chi connectivity index (χ2v) is 5.16. The van der Waals surface area contributed by atoms with Gasteiger partial charge in [-0.3, -0.25) is 9.69 Å². The Morgan fingerprint density at radius 1 is 1.62 bits per heavy atom. The Kier molecular flexibility index (Phi) is 5.08. The van der Waals surface area contributed by atoms with Gasteiger partial charge in [-0.1, -0.05) is 0 Å². The summed E-state index contributed by atoms with van der Waals surface area (Å²) in [7, 11) is 0. The first-order valence-electron chi connectivity index (χ1n) is 5.32. The Bertz CT molecular complexity index is 273. The lowest BCUT2D eigenvalue weighted by Gasteiger charge is -2.34. The number of hydrogen-bond acceptors (Lipinski definition) is 4.